The number of rotatable bonds is 8. The van der Waals surface area contributed by atoms with Crippen molar-refractivity contribution >= 4 is 35.1 Å². The fraction of sp³-hybridized carbons (Fsp3) is 0.400. The molecule has 1 saturated heterocycles. The first kappa shape index (κ1) is 25.5. The van der Waals surface area contributed by atoms with Crippen molar-refractivity contribution in [2.45, 2.75) is 25.8 Å². The van der Waals surface area contributed by atoms with Crippen molar-refractivity contribution in [3.8, 4) is 0 Å². The largest absolute Gasteiger partial charge is 0.383 e. The first-order chi connectivity index (χ1) is 16.4. The van der Waals surface area contributed by atoms with Crippen LogP contribution in [0.2, 0.25) is 5.02 Å². The van der Waals surface area contributed by atoms with E-state index in [0.717, 1.165) is 5.56 Å². The number of carbonyl (C=O) groups excluding carboxylic acids is 3. The fourth-order valence-electron chi connectivity index (χ4n) is 4.04. The van der Waals surface area contributed by atoms with Gasteiger partial charge in [-0.25, -0.2) is 4.79 Å². The highest BCUT2D eigenvalue weighted by molar-refractivity contribution is 6.30. The standard InChI is InChI=1S/C25H31ClN4O4/c1-17-6-3-4-9-21(17)23(31)29-22(24(32)27-12-15-34-2)18-10-13-30(14-11-18)25(33)28-20-8-5-7-19(26)16-20/h3-9,16,18,22H,10-15H2,1-2H3,(H,27,32)(H,28,33)(H,29,31)/t22-/m0/s1. The number of ether oxygens (including phenoxy) is 1. The third kappa shape index (κ3) is 6.95. The third-order valence-corrected chi connectivity index (χ3v) is 6.17. The molecule has 0 aliphatic carbocycles. The van der Waals surface area contributed by atoms with Gasteiger partial charge in [-0.05, 0) is 55.5 Å². The van der Waals surface area contributed by atoms with Gasteiger partial charge in [-0.15, -0.1) is 0 Å². The molecule has 1 aliphatic heterocycles. The van der Waals surface area contributed by atoms with Crippen molar-refractivity contribution in [2.24, 2.45) is 5.92 Å². The normalized spacial score (nSPS) is 14.9. The number of nitrogens with zero attached hydrogens (tertiary/aromatic N) is 1. The van der Waals surface area contributed by atoms with Crippen LogP contribution in [0, 0.1) is 12.8 Å². The molecule has 1 fully saturated rings. The van der Waals surface area contributed by atoms with Gasteiger partial charge in [0.15, 0.2) is 0 Å². The monoisotopic (exact) mass is 486 g/mol. The smallest absolute Gasteiger partial charge is 0.321 e. The minimum atomic E-state index is -0.706. The van der Waals surface area contributed by atoms with E-state index in [1.807, 2.05) is 19.1 Å². The second kappa shape index (κ2) is 12.4. The highest BCUT2D eigenvalue weighted by Gasteiger charge is 2.34. The topological polar surface area (TPSA) is 99.8 Å². The number of benzene rings is 2. The van der Waals surface area contributed by atoms with Gasteiger partial charge in [0.1, 0.15) is 6.04 Å². The minimum Gasteiger partial charge on any atom is -0.383 e. The van der Waals surface area contributed by atoms with Crippen LogP contribution in [-0.4, -0.2) is 62.1 Å². The maximum atomic E-state index is 13.0. The summed E-state index contributed by atoms with van der Waals surface area (Å²) < 4.78 is 5.02. The molecule has 1 heterocycles. The lowest BCUT2D eigenvalue weighted by molar-refractivity contribution is -0.124. The number of amides is 4. The van der Waals surface area contributed by atoms with Crippen LogP contribution >= 0.6 is 11.6 Å². The summed E-state index contributed by atoms with van der Waals surface area (Å²) in [5, 5.41) is 9.17. The lowest BCUT2D eigenvalue weighted by Gasteiger charge is -2.35. The van der Waals surface area contributed by atoms with E-state index in [-0.39, 0.29) is 23.8 Å². The van der Waals surface area contributed by atoms with Crippen LogP contribution in [0.4, 0.5) is 10.5 Å². The van der Waals surface area contributed by atoms with Crippen LogP contribution in [0.25, 0.3) is 0 Å². The predicted molar refractivity (Wildman–Crippen MR) is 132 cm³/mol. The number of hydrogen-bond acceptors (Lipinski definition) is 4. The summed E-state index contributed by atoms with van der Waals surface area (Å²) in [6.07, 6.45) is 1.17. The molecule has 0 saturated carbocycles. The van der Waals surface area contributed by atoms with Gasteiger partial charge in [0, 0.05) is 43.0 Å². The van der Waals surface area contributed by atoms with E-state index in [0.29, 0.717) is 55.4 Å². The van der Waals surface area contributed by atoms with E-state index in [4.69, 9.17) is 16.3 Å². The molecular weight excluding hydrogens is 456 g/mol. The number of aryl methyl sites for hydroxylation is 1. The van der Waals surface area contributed by atoms with Gasteiger partial charge < -0.3 is 25.6 Å². The second-order valence-corrected chi connectivity index (χ2v) is 8.75. The van der Waals surface area contributed by atoms with Gasteiger partial charge >= 0.3 is 6.03 Å². The van der Waals surface area contributed by atoms with Crippen molar-refractivity contribution in [2.75, 3.05) is 38.7 Å². The van der Waals surface area contributed by atoms with E-state index < -0.39 is 6.04 Å². The molecule has 3 N–H and O–H groups in total. The summed E-state index contributed by atoms with van der Waals surface area (Å²) >= 11 is 5.99. The lowest BCUT2D eigenvalue weighted by atomic mass is 9.88. The number of halogens is 1. The first-order valence-corrected chi connectivity index (χ1v) is 11.7. The van der Waals surface area contributed by atoms with E-state index in [1.54, 1.807) is 48.4 Å². The van der Waals surface area contributed by atoms with Crippen molar-refractivity contribution in [3.05, 3.63) is 64.7 Å². The maximum absolute atomic E-state index is 13.0. The van der Waals surface area contributed by atoms with Gasteiger partial charge in [-0.2, -0.15) is 0 Å². The molecule has 3 rings (SSSR count). The van der Waals surface area contributed by atoms with E-state index in [1.165, 1.54) is 0 Å². The molecular formula is C25H31ClN4O4. The summed E-state index contributed by atoms with van der Waals surface area (Å²) in [6.45, 7) is 3.54. The summed E-state index contributed by atoms with van der Waals surface area (Å²) in [5.74, 6) is -0.641. The number of nitrogens with one attached hydrogen (secondary N) is 3. The van der Waals surface area contributed by atoms with Gasteiger partial charge in [0.05, 0.1) is 6.61 Å². The van der Waals surface area contributed by atoms with Crippen LogP contribution in [-0.2, 0) is 9.53 Å². The Bertz CT molecular complexity index is 1010. The molecule has 4 amide bonds. The molecule has 34 heavy (non-hydrogen) atoms. The van der Waals surface area contributed by atoms with Crippen molar-refractivity contribution in [3.63, 3.8) is 0 Å². The molecule has 0 bridgehead atoms. The van der Waals surface area contributed by atoms with E-state index in [2.05, 4.69) is 16.0 Å². The highest BCUT2D eigenvalue weighted by Crippen LogP contribution is 2.23. The van der Waals surface area contributed by atoms with Gasteiger partial charge in [0.25, 0.3) is 5.91 Å². The molecule has 1 atom stereocenters. The Morgan fingerprint density at radius 2 is 1.85 bits per heavy atom. The summed E-state index contributed by atoms with van der Waals surface area (Å²) in [5.41, 5.74) is 2.00. The lowest BCUT2D eigenvalue weighted by Crippen LogP contribution is -2.54. The van der Waals surface area contributed by atoms with Crippen molar-refractivity contribution < 1.29 is 19.1 Å². The van der Waals surface area contributed by atoms with Crippen LogP contribution in [0.3, 0.4) is 0 Å². The number of likely N-dealkylation sites (tertiary alicyclic amines) is 1. The molecule has 0 spiro atoms. The molecule has 1 aliphatic rings. The molecule has 8 nitrogen and oxygen atoms in total. The number of carbonyl (C=O) groups is 3. The van der Waals surface area contributed by atoms with Gasteiger partial charge in [-0.1, -0.05) is 35.9 Å². The predicted octanol–water partition coefficient (Wildman–Crippen LogP) is 3.45. The minimum absolute atomic E-state index is 0.106. The number of urea groups is 1. The summed E-state index contributed by atoms with van der Waals surface area (Å²) in [4.78, 5) is 40.3. The number of hydrogen-bond donors (Lipinski definition) is 3. The average Bonchev–Trinajstić information content (AvgIpc) is 2.83. The molecule has 0 aromatic heterocycles. The SMILES string of the molecule is COCCNC(=O)[C@@H](NC(=O)c1ccccc1C)C1CCN(C(=O)Nc2cccc(Cl)c2)CC1. The summed E-state index contributed by atoms with van der Waals surface area (Å²) in [6, 6.07) is 13.3. The average molecular weight is 487 g/mol. The quantitative estimate of drug-likeness (QED) is 0.497. The van der Waals surface area contributed by atoms with E-state index >= 15 is 0 Å². The molecule has 2 aromatic rings. The summed E-state index contributed by atoms with van der Waals surface area (Å²) in [7, 11) is 1.56. The van der Waals surface area contributed by atoms with Crippen LogP contribution in [0.5, 0.6) is 0 Å². The Kier molecular flexibility index (Phi) is 9.30. The Balaban J connectivity index is 1.64. The zero-order valence-corrected chi connectivity index (χ0v) is 20.2. The maximum Gasteiger partial charge on any atom is 0.321 e. The Morgan fingerprint density at radius 3 is 2.53 bits per heavy atom. The van der Waals surface area contributed by atoms with Crippen LogP contribution < -0.4 is 16.0 Å². The number of methoxy groups -OCH3 is 1. The fourth-order valence-corrected chi connectivity index (χ4v) is 4.23. The van der Waals surface area contributed by atoms with Crippen LogP contribution in [0.1, 0.15) is 28.8 Å². The number of piperidine rings is 1. The van der Waals surface area contributed by atoms with Crippen molar-refractivity contribution in [1.29, 1.82) is 0 Å². The molecule has 0 radical (unpaired) electrons. The Morgan fingerprint density at radius 1 is 1.12 bits per heavy atom. The second-order valence-electron chi connectivity index (χ2n) is 8.31. The van der Waals surface area contributed by atoms with Gasteiger partial charge in [0.2, 0.25) is 5.91 Å². The molecule has 9 heteroatoms. The van der Waals surface area contributed by atoms with E-state index in [9.17, 15) is 14.4 Å². The first-order valence-electron chi connectivity index (χ1n) is 11.3. The zero-order valence-electron chi connectivity index (χ0n) is 19.5. The molecule has 182 valence electrons. The Hall–Kier alpha value is -3.10. The number of anilines is 1. The third-order valence-electron chi connectivity index (χ3n) is 5.94. The Labute approximate surface area is 205 Å². The zero-order chi connectivity index (χ0) is 24.5. The molecule has 2 aromatic carbocycles. The highest BCUT2D eigenvalue weighted by atomic mass is 35.5. The molecule has 0 unspecified atom stereocenters. The van der Waals surface area contributed by atoms with Gasteiger partial charge in [-0.3, -0.25) is 9.59 Å². The van der Waals surface area contributed by atoms with Crippen LogP contribution in [0.15, 0.2) is 48.5 Å². The van der Waals surface area contributed by atoms with Crippen molar-refractivity contribution in [1.82, 2.24) is 15.5 Å².